The molecule has 21 heavy (non-hydrogen) atoms. The maximum Gasteiger partial charge on any atom is 0.404 e. The fourth-order valence-electron chi connectivity index (χ4n) is 1.72. The molecule has 1 heterocycles. The predicted octanol–water partition coefficient (Wildman–Crippen LogP) is 2.58. The lowest BCUT2D eigenvalue weighted by atomic mass is 10.1. The Morgan fingerprint density at radius 1 is 1.57 bits per heavy atom. The number of ketones is 1. The average Bonchev–Trinajstić information content (AvgIpc) is 2.79. The van der Waals surface area contributed by atoms with Gasteiger partial charge in [-0.05, 0) is 39.1 Å². The molecule has 0 saturated heterocycles. The lowest BCUT2D eigenvalue weighted by molar-refractivity contribution is -0.390. The van der Waals surface area contributed by atoms with Crippen molar-refractivity contribution in [2.24, 2.45) is 0 Å². The number of benzene rings is 1. The van der Waals surface area contributed by atoms with E-state index in [4.69, 9.17) is 4.74 Å². The minimum absolute atomic E-state index is 0.0479. The number of nitro groups is 1. The highest BCUT2D eigenvalue weighted by Gasteiger charge is 2.21. The van der Waals surface area contributed by atoms with Gasteiger partial charge in [-0.15, -0.1) is 0 Å². The highest BCUT2D eigenvalue weighted by Crippen LogP contribution is 2.24. The van der Waals surface area contributed by atoms with Gasteiger partial charge in [0, 0.05) is 0 Å². The molecule has 1 aromatic heterocycles. The standard InChI is InChI=1S/C12H9BrFN3O4/c1-21-11-3-2-7(14)4-8(11)10(18)6-16-5-9(13)12(15-16)17(19)20/h2-5H,6H2,1H3. The van der Waals surface area contributed by atoms with Crippen molar-refractivity contribution in [3.8, 4) is 5.75 Å². The van der Waals surface area contributed by atoms with E-state index in [-0.39, 0.29) is 22.3 Å². The molecule has 0 amide bonds. The number of ether oxygens (including phenoxy) is 1. The highest BCUT2D eigenvalue weighted by molar-refractivity contribution is 9.10. The first kappa shape index (κ1) is 15.1. The maximum absolute atomic E-state index is 13.2. The molecule has 1 aromatic carbocycles. The van der Waals surface area contributed by atoms with Crippen LogP contribution in [0, 0.1) is 15.9 Å². The first-order chi connectivity index (χ1) is 9.92. The Labute approximate surface area is 126 Å². The van der Waals surface area contributed by atoms with Crippen LogP contribution < -0.4 is 4.74 Å². The summed E-state index contributed by atoms with van der Waals surface area (Å²) in [4.78, 5) is 22.2. The first-order valence-electron chi connectivity index (χ1n) is 5.66. The maximum atomic E-state index is 13.2. The van der Waals surface area contributed by atoms with E-state index in [2.05, 4.69) is 21.0 Å². The van der Waals surface area contributed by atoms with Crippen LogP contribution in [0.15, 0.2) is 28.9 Å². The van der Waals surface area contributed by atoms with Gasteiger partial charge in [-0.1, -0.05) is 0 Å². The van der Waals surface area contributed by atoms with E-state index in [1.165, 1.54) is 25.4 Å². The molecule has 2 aromatic rings. The molecule has 0 N–H and O–H groups in total. The minimum Gasteiger partial charge on any atom is -0.496 e. The molecule has 0 saturated carbocycles. The van der Waals surface area contributed by atoms with Crippen molar-refractivity contribution in [3.05, 3.63) is 50.4 Å². The summed E-state index contributed by atoms with van der Waals surface area (Å²) in [6, 6.07) is 3.56. The summed E-state index contributed by atoms with van der Waals surface area (Å²) in [6.45, 7) is -0.272. The highest BCUT2D eigenvalue weighted by atomic mass is 79.9. The van der Waals surface area contributed by atoms with Crippen LogP contribution in [-0.4, -0.2) is 27.6 Å². The minimum atomic E-state index is -0.673. The summed E-state index contributed by atoms with van der Waals surface area (Å²) in [7, 11) is 1.36. The number of methoxy groups -OCH3 is 1. The summed E-state index contributed by atoms with van der Waals surface area (Å²) in [5.41, 5.74) is 0.0479. The molecule has 0 unspecified atom stereocenters. The van der Waals surface area contributed by atoms with Crippen molar-refractivity contribution in [2.75, 3.05) is 7.11 Å². The second-order valence-electron chi connectivity index (χ2n) is 4.02. The van der Waals surface area contributed by atoms with Gasteiger partial charge in [0.25, 0.3) is 0 Å². The van der Waals surface area contributed by atoms with Gasteiger partial charge in [0.2, 0.25) is 0 Å². The van der Waals surface area contributed by atoms with Crippen molar-refractivity contribution in [1.29, 1.82) is 0 Å². The predicted molar refractivity (Wildman–Crippen MR) is 73.9 cm³/mol. The van der Waals surface area contributed by atoms with Crippen LogP contribution in [-0.2, 0) is 6.54 Å². The summed E-state index contributed by atoms with van der Waals surface area (Å²) < 4.78 is 19.5. The Bertz CT molecular complexity index is 717. The third-order valence-electron chi connectivity index (χ3n) is 2.64. The van der Waals surface area contributed by atoms with Gasteiger partial charge in [-0.2, -0.15) is 4.68 Å². The van der Waals surface area contributed by atoms with Gasteiger partial charge in [-0.25, -0.2) is 4.39 Å². The van der Waals surface area contributed by atoms with Crippen LogP contribution in [0.5, 0.6) is 5.75 Å². The van der Waals surface area contributed by atoms with Crippen LogP contribution in [0.4, 0.5) is 10.2 Å². The molecule has 0 spiro atoms. The van der Waals surface area contributed by atoms with Gasteiger partial charge in [-0.3, -0.25) is 4.79 Å². The van der Waals surface area contributed by atoms with Crippen LogP contribution in [0.3, 0.4) is 0 Å². The molecule has 0 fully saturated rings. The van der Waals surface area contributed by atoms with Gasteiger partial charge in [0.15, 0.2) is 5.78 Å². The molecule has 0 radical (unpaired) electrons. The monoisotopic (exact) mass is 357 g/mol. The lowest BCUT2D eigenvalue weighted by Gasteiger charge is -2.06. The molecule has 0 aliphatic heterocycles. The number of nitrogens with zero attached hydrogens (tertiary/aromatic N) is 3. The summed E-state index contributed by atoms with van der Waals surface area (Å²) in [6.07, 6.45) is 1.31. The zero-order valence-electron chi connectivity index (χ0n) is 10.7. The van der Waals surface area contributed by atoms with E-state index in [9.17, 15) is 19.3 Å². The topological polar surface area (TPSA) is 87.3 Å². The Morgan fingerprint density at radius 2 is 2.29 bits per heavy atom. The number of halogens is 2. The number of hydrogen-bond acceptors (Lipinski definition) is 5. The summed E-state index contributed by atoms with van der Waals surface area (Å²) >= 11 is 2.98. The van der Waals surface area contributed by atoms with E-state index in [0.717, 1.165) is 10.7 Å². The van der Waals surface area contributed by atoms with Crippen molar-refractivity contribution in [2.45, 2.75) is 6.54 Å². The van der Waals surface area contributed by atoms with Crippen LogP contribution >= 0.6 is 15.9 Å². The smallest absolute Gasteiger partial charge is 0.404 e. The SMILES string of the molecule is COc1ccc(F)cc1C(=O)Cn1cc(Br)c([N+](=O)[O-])n1. The molecule has 0 aliphatic rings. The second kappa shape index (κ2) is 6.00. The Hall–Kier alpha value is -2.29. The molecule has 2 rings (SSSR count). The van der Waals surface area contributed by atoms with E-state index in [1.54, 1.807) is 0 Å². The molecular formula is C12H9BrFN3O4. The van der Waals surface area contributed by atoms with Crippen molar-refractivity contribution < 1.29 is 18.8 Å². The zero-order valence-corrected chi connectivity index (χ0v) is 12.3. The van der Waals surface area contributed by atoms with Crippen molar-refractivity contribution >= 4 is 27.5 Å². The molecule has 7 nitrogen and oxygen atoms in total. The Morgan fingerprint density at radius 3 is 2.86 bits per heavy atom. The van der Waals surface area contributed by atoms with Crippen LogP contribution in [0.2, 0.25) is 0 Å². The Kier molecular flexibility index (Phi) is 4.32. The van der Waals surface area contributed by atoms with Crippen LogP contribution in [0.25, 0.3) is 0 Å². The zero-order chi connectivity index (χ0) is 15.6. The number of aromatic nitrogens is 2. The molecule has 0 aliphatic carbocycles. The summed E-state index contributed by atoms with van der Waals surface area (Å²) in [5, 5.41) is 14.3. The van der Waals surface area contributed by atoms with Crippen LogP contribution in [0.1, 0.15) is 10.4 Å². The number of hydrogen-bond donors (Lipinski definition) is 0. The van der Waals surface area contributed by atoms with E-state index in [1.807, 2.05) is 0 Å². The van der Waals surface area contributed by atoms with Crippen molar-refractivity contribution in [1.82, 2.24) is 9.78 Å². The largest absolute Gasteiger partial charge is 0.496 e. The van der Waals surface area contributed by atoms with Gasteiger partial charge in [0.05, 0.1) is 24.0 Å². The third-order valence-corrected chi connectivity index (χ3v) is 3.20. The number of Topliss-reactive ketones (excluding diaryl/α,β-unsaturated/α-hetero) is 1. The lowest BCUT2D eigenvalue weighted by Crippen LogP contribution is -2.12. The van der Waals surface area contributed by atoms with E-state index >= 15 is 0 Å². The molecule has 0 atom stereocenters. The quantitative estimate of drug-likeness (QED) is 0.466. The molecular weight excluding hydrogens is 349 g/mol. The third kappa shape index (κ3) is 3.24. The average molecular weight is 358 g/mol. The fraction of sp³-hybridized carbons (Fsp3) is 0.167. The van der Waals surface area contributed by atoms with Gasteiger partial charge >= 0.3 is 5.82 Å². The molecule has 110 valence electrons. The normalized spacial score (nSPS) is 10.4. The molecule has 9 heteroatoms. The van der Waals surface area contributed by atoms with E-state index in [0.29, 0.717) is 0 Å². The fourth-order valence-corrected chi connectivity index (χ4v) is 2.18. The van der Waals surface area contributed by atoms with Gasteiger partial charge in [0.1, 0.15) is 22.6 Å². The van der Waals surface area contributed by atoms with Crippen molar-refractivity contribution in [3.63, 3.8) is 0 Å². The first-order valence-corrected chi connectivity index (χ1v) is 6.45. The Balaban J connectivity index is 2.28. The van der Waals surface area contributed by atoms with E-state index < -0.39 is 22.3 Å². The number of carbonyl (C=O) groups excluding carboxylic acids is 1. The summed E-state index contributed by atoms with van der Waals surface area (Å²) in [5.74, 6) is -1.22. The second-order valence-corrected chi connectivity index (χ2v) is 4.88. The van der Waals surface area contributed by atoms with Gasteiger partial charge < -0.3 is 14.9 Å². The number of carbonyl (C=O) groups is 1. The number of rotatable bonds is 5. The molecule has 0 bridgehead atoms.